The number of nitro groups is 1. The molecule has 0 saturated heterocycles. The molecule has 0 bridgehead atoms. The zero-order chi connectivity index (χ0) is 15.7. The minimum atomic E-state index is -1.23. The first-order valence-corrected chi connectivity index (χ1v) is 6.13. The van der Waals surface area contributed by atoms with Crippen LogP contribution < -0.4 is 0 Å². The summed E-state index contributed by atoms with van der Waals surface area (Å²) in [7, 11) is 0. The Hall–Kier alpha value is -1.98. The predicted molar refractivity (Wildman–Crippen MR) is 71.9 cm³/mol. The molecule has 0 saturated carbocycles. The average molecular weight is 283 g/mol. The van der Waals surface area contributed by atoms with E-state index in [2.05, 4.69) is 0 Å². The molecule has 1 aromatic carbocycles. The average Bonchev–Trinajstić information content (AvgIpc) is 2.25. The number of non-ortho nitro benzene ring substituents is 1. The maximum Gasteiger partial charge on any atom is 0.316 e. The van der Waals surface area contributed by atoms with E-state index in [1.165, 1.54) is 26.0 Å². The minimum absolute atomic E-state index is 0.0670. The number of halogens is 1. The smallest absolute Gasteiger partial charge is 0.316 e. The molecular formula is C14H18FNO4. The van der Waals surface area contributed by atoms with Gasteiger partial charge in [0, 0.05) is 11.6 Å². The highest BCUT2D eigenvalue weighted by Gasteiger charge is 2.36. The standard InChI is InChI=1S/C14H18FNO4/c1-13(2,3)20-12(17)14(4,5)10-7-6-9(16(18)19)8-11(10)15/h6-8H,1-5H3. The Morgan fingerprint density at radius 3 is 2.20 bits per heavy atom. The summed E-state index contributed by atoms with van der Waals surface area (Å²) < 4.78 is 19.2. The van der Waals surface area contributed by atoms with Crippen LogP contribution in [0.15, 0.2) is 18.2 Å². The molecule has 0 heterocycles. The van der Waals surface area contributed by atoms with Crippen molar-refractivity contribution in [2.75, 3.05) is 0 Å². The van der Waals surface area contributed by atoms with Gasteiger partial charge in [0.05, 0.1) is 16.4 Å². The fourth-order valence-corrected chi connectivity index (χ4v) is 1.64. The maximum absolute atomic E-state index is 14.0. The summed E-state index contributed by atoms with van der Waals surface area (Å²) in [5, 5.41) is 10.6. The molecule has 0 aliphatic heterocycles. The number of rotatable bonds is 3. The summed E-state index contributed by atoms with van der Waals surface area (Å²) in [5.41, 5.74) is -2.21. The van der Waals surface area contributed by atoms with Crippen LogP contribution in [0.1, 0.15) is 40.2 Å². The Morgan fingerprint density at radius 2 is 1.80 bits per heavy atom. The molecule has 0 aromatic heterocycles. The lowest BCUT2D eigenvalue weighted by atomic mass is 9.84. The van der Waals surface area contributed by atoms with Gasteiger partial charge in [-0.05, 0) is 40.7 Å². The van der Waals surface area contributed by atoms with Crippen molar-refractivity contribution in [3.05, 3.63) is 39.7 Å². The number of hydrogen-bond acceptors (Lipinski definition) is 4. The second-order valence-corrected chi connectivity index (χ2v) is 6.05. The van der Waals surface area contributed by atoms with Crippen molar-refractivity contribution in [1.82, 2.24) is 0 Å². The molecule has 5 nitrogen and oxygen atoms in total. The quantitative estimate of drug-likeness (QED) is 0.484. The summed E-state index contributed by atoms with van der Waals surface area (Å²) >= 11 is 0. The Kier molecular flexibility index (Phi) is 4.17. The molecule has 0 fully saturated rings. The molecule has 0 spiro atoms. The first-order chi connectivity index (χ1) is 8.95. The highest BCUT2D eigenvalue weighted by atomic mass is 19.1. The van der Waals surface area contributed by atoms with Gasteiger partial charge in [0.15, 0.2) is 0 Å². The molecule has 0 atom stereocenters. The first-order valence-electron chi connectivity index (χ1n) is 6.13. The van der Waals surface area contributed by atoms with Gasteiger partial charge in [-0.3, -0.25) is 14.9 Å². The van der Waals surface area contributed by atoms with Crippen molar-refractivity contribution in [2.24, 2.45) is 0 Å². The zero-order valence-corrected chi connectivity index (χ0v) is 12.2. The van der Waals surface area contributed by atoms with Crippen molar-refractivity contribution >= 4 is 11.7 Å². The van der Waals surface area contributed by atoms with Crippen molar-refractivity contribution in [3.8, 4) is 0 Å². The molecular weight excluding hydrogens is 265 g/mol. The zero-order valence-electron chi connectivity index (χ0n) is 12.2. The molecule has 0 N–H and O–H groups in total. The first kappa shape index (κ1) is 16.1. The second kappa shape index (κ2) is 5.19. The van der Waals surface area contributed by atoms with Gasteiger partial charge in [0.2, 0.25) is 0 Å². The van der Waals surface area contributed by atoms with Crippen LogP contribution in [-0.4, -0.2) is 16.5 Å². The van der Waals surface area contributed by atoms with Crippen molar-refractivity contribution in [1.29, 1.82) is 0 Å². The third kappa shape index (κ3) is 3.53. The lowest BCUT2D eigenvalue weighted by Gasteiger charge is -2.28. The van der Waals surface area contributed by atoms with Crippen LogP contribution in [0.5, 0.6) is 0 Å². The Balaban J connectivity index is 3.15. The van der Waals surface area contributed by atoms with Crippen molar-refractivity contribution in [2.45, 2.75) is 45.6 Å². The summed E-state index contributed by atoms with van der Waals surface area (Å²) in [4.78, 5) is 22.0. The highest BCUT2D eigenvalue weighted by molar-refractivity contribution is 5.82. The summed E-state index contributed by atoms with van der Waals surface area (Å²) in [5.74, 6) is -1.38. The Bertz CT molecular complexity index is 547. The molecule has 0 radical (unpaired) electrons. The number of nitrogens with zero attached hydrogens (tertiary/aromatic N) is 1. The Morgan fingerprint density at radius 1 is 1.25 bits per heavy atom. The predicted octanol–water partition coefficient (Wildman–Crippen LogP) is 3.35. The second-order valence-electron chi connectivity index (χ2n) is 6.05. The van der Waals surface area contributed by atoms with E-state index in [-0.39, 0.29) is 11.3 Å². The van der Waals surface area contributed by atoms with Gasteiger partial charge < -0.3 is 4.74 Å². The fourth-order valence-electron chi connectivity index (χ4n) is 1.64. The van der Waals surface area contributed by atoms with E-state index in [9.17, 15) is 19.3 Å². The van der Waals surface area contributed by atoms with Crippen LogP contribution in [0.3, 0.4) is 0 Å². The lowest BCUT2D eigenvalue weighted by molar-refractivity contribution is -0.385. The van der Waals surface area contributed by atoms with Crippen LogP contribution >= 0.6 is 0 Å². The monoisotopic (exact) mass is 283 g/mol. The number of ether oxygens (including phenoxy) is 1. The number of nitro benzene ring substituents is 1. The van der Waals surface area contributed by atoms with Gasteiger partial charge in [0.1, 0.15) is 11.4 Å². The topological polar surface area (TPSA) is 69.4 Å². The molecule has 0 aliphatic rings. The van der Waals surface area contributed by atoms with E-state index < -0.39 is 27.7 Å². The van der Waals surface area contributed by atoms with Gasteiger partial charge >= 0.3 is 5.97 Å². The van der Waals surface area contributed by atoms with Crippen LogP contribution in [0.4, 0.5) is 10.1 Å². The summed E-state index contributed by atoms with van der Waals surface area (Å²) in [6.45, 7) is 8.18. The third-order valence-corrected chi connectivity index (χ3v) is 2.75. The number of carbonyl (C=O) groups is 1. The molecule has 1 rings (SSSR count). The molecule has 20 heavy (non-hydrogen) atoms. The number of esters is 1. The van der Waals surface area contributed by atoms with Crippen molar-refractivity contribution in [3.63, 3.8) is 0 Å². The van der Waals surface area contributed by atoms with E-state index in [1.54, 1.807) is 20.8 Å². The van der Waals surface area contributed by atoms with Gasteiger partial charge in [-0.15, -0.1) is 0 Å². The van der Waals surface area contributed by atoms with Crippen LogP contribution in [0.25, 0.3) is 0 Å². The van der Waals surface area contributed by atoms with E-state index >= 15 is 0 Å². The van der Waals surface area contributed by atoms with E-state index in [0.717, 1.165) is 6.07 Å². The van der Waals surface area contributed by atoms with Crippen LogP contribution in [0, 0.1) is 15.9 Å². The largest absolute Gasteiger partial charge is 0.459 e. The number of hydrogen-bond donors (Lipinski definition) is 0. The lowest BCUT2D eigenvalue weighted by Crippen LogP contribution is -2.37. The minimum Gasteiger partial charge on any atom is -0.459 e. The highest BCUT2D eigenvalue weighted by Crippen LogP contribution is 2.30. The molecule has 0 unspecified atom stereocenters. The number of carbonyl (C=O) groups excluding carboxylic acids is 1. The summed E-state index contributed by atoms with van der Waals surface area (Å²) in [6.07, 6.45) is 0. The summed E-state index contributed by atoms with van der Waals surface area (Å²) in [6, 6.07) is 3.23. The Labute approximate surface area is 116 Å². The van der Waals surface area contributed by atoms with Gasteiger partial charge in [0.25, 0.3) is 5.69 Å². The van der Waals surface area contributed by atoms with Gasteiger partial charge in [-0.25, -0.2) is 4.39 Å². The van der Waals surface area contributed by atoms with E-state index in [4.69, 9.17) is 4.74 Å². The van der Waals surface area contributed by atoms with Gasteiger partial charge in [-0.1, -0.05) is 0 Å². The van der Waals surface area contributed by atoms with E-state index in [1.807, 2.05) is 0 Å². The third-order valence-electron chi connectivity index (χ3n) is 2.75. The van der Waals surface area contributed by atoms with Crippen LogP contribution in [-0.2, 0) is 14.9 Å². The molecule has 1 aromatic rings. The maximum atomic E-state index is 14.0. The molecule has 6 heteroatoms. The molecule has 0 aliphatic carbocycles. The van der Waals surface area contributed by atoms with E-state index in [0.29, 0.717) is 0 Å². The molecule has 110 valence electrons. The normalized spacial score (nSPS) is 12.1. The number of benzene rings is 1. The fraction of sp³-hybridized carbons (Fsp3) is 0.500. The molecule has 0 amide bonds. The SMILES string of the molecule is CC(C)(C)OC(=O)C(C)(C)c1ccc([N+](=O)[O-])cc1F. The van der Waals surface area contributed by atoms with Crippen molar-refractivity contribution < 1.29 is 18.8 Å². The van der Waals surface area contributed by atoms with Gasteiger partial charge in [-0.2, -0.15) is 0 Å². The van der Waals surface area contributed by atoms with Crippen LogP contribution in [0.2, 0.25) is 0 Å².